The van der Waals surface area contributed by atoms with Crippen LogP contribution >= 0.6 is 23.2 Å². The van der Waals surface area contributed by atoms with E-state index in [1.807, 2.05) is 0 Å². The van der Waals surface area contributed by atoms with Gasteiger partial charge in [-0.15, -0.1) is 5.10 Å². The Labute approximate surface area is 129 Å². The van der Waals surface area contributed by atoms with E-state index in [1.165, 1.54) is 16.8 Å². The lowest BCUT2D eigenvalue weighted by molar-refractivity contribution is 0.608. The van der Waals surface area contributed by atoms with Gasteiger partial charge < -0.3 is 5.73 Å². The van der Waals surface area contributed by atoms with Gasteiger partial charge in [-0.1, -0.05) is 29.3 Å². The molecule has 3 rings (SSSR count). The normalized spacial score (nSPS) is 10.8. The van der Waals surface area contributed by atoms with Crippen molar-refractivity contribution >= 4 is 28.9 Å². The highest BCUT2D eigenvalue weighted by Crippen LogP contribution is 2.31. The van der Waals surface area contributed by atoms with Crippen LogP contribution in [0.3, 0.4) is 0 Å². The van der Waals surface area contributed by atoms with Crippen molar-refractivity contribution in [3.05, 3.63) is 52.3 Å². The molecule has 2 aromatic carbocycles. The van der Waals surface area contributed by atoms with Gasteiger partial charge in [0.25, 0.3) is 0 Å². The molecular weight excluding hydrogens is 316 g/mol. The Balaban J connectivity index is 2.20. The largest absolute Gasteiger partial charge is 0.397 e. The predicted octanol–water partition coefficient (Wildman–Crippen LogP) is 3.36. The lowest BCUT2D eigenvalue weighted by atomic mass is 10.1. The summed E-state index contributed by atoms with van der Waals surface area (Å²) < 4.78 is 15.3. The van der Waals surface area contributed by atoms with Gasteiger partial charge in [0.15, 0.2) is 5.82 Å². The van der Waals surface area contributed by atoms with E-state index in [0.717, 1.165) is 0 Å². The number of nitrogens with zero attached hydrogens (tertiary/aromatic N) is 4. The first kappa shape index (κ1) is 13.8. The minimum absolute atomic E-state index is 0.166. The van der Waals surface area contributed by atoms with Crippen LogP contribution in [0.4, 0.5) is 10.1 Å². The van der Waals surface area contributed by atoms with E-state index in [9.17, 15) is 4.39 Å². The molecule has 0 radical (unpaired) electrons. The Bertz CT molecular complexity index is 818. The second-order valence-corrected chi connectivity index (χ2v) is 5.05. The number of aromatic nitrogens is 4. The van der Waals surface area contributed by atoms with E-state index in [1.54, 1.807) is 24.3 Å². The van der Waals surface area contributed by atoms with E-state index in [2.05, 4.69) is 15.5 Å². The second kappa shape index (κ2) is 5.31. The Morgan fingerprint density at radius 2 is 1.95 bits per heavy atom. The summed E-state index contributed by atoms with van der Waals surface area (Å²) in [6.45, 7) is 0. The topological polar surface area (TPSA) is 69.6 Å². The number of hydrogen-bond donors (Lipinski definition) is 1. The van der Waals surface area contributed by atoms with E-state index in [0.29, 0.717) is 16.3 Å². The van der Waals surface area contributed by atoms with Gasteiger partial charge >= 0.3 is 0 Å². The molecule has 0 atom stereocenters. The summed E-state index contributed by atoms with van der Waals surface area (Å²) in [4.78, 5) is 0. The van der Waals surface area contributed by atoms with Gasteiger partial charge in [0.05, 0.1) is 10.7 Å². The number of anilines is 1. The van der Waals surface area contributed by atoms with E-state index >= 15 is 0 Å². The lowest BCUT2D eigenvalue weighted by Crippen LogP contribution is -2.04. The van der Waals surface area contributed by atoms with Crippen LogP contribution in [-0.2, 0) is 0 Å². The smallest absolute Gasteiger partial charge is 0.189 e. The molecule has 0 amide bonds. The Morgan fingerprint density at radius 3 is 2.71 bits per heavy atom. The fourth-order valence-electron chi connectivity index (χ4n) is 1.90. The number of benzene rings is 2. The average molecular weight is 324 g/mol. The fourth-order valence-corrected chi connectivity index (χ4v) is 2.24. The highest BCUT2D eigenvalue weighted by atomic mass is 35.5. The molecule has 0 bridgehead atoms. The summed E-state index contributed by atoms with van der Waals surface area (Å²) in [7, 11) is 0. The molecule has 8 heteroatoms. The number of tetrazole rings is 1. The maximum Gasteiger partial charge on any atom is 0.189 e. The van der Waals surface area contributed by atoms with Crippen molar-refractivity contribution in [3.8, 4) is 17.1 Å². The van der Waals surface area contributed by atoms with Crippen molar-refractivity contribution in [1.29, 1.82) is 0 Å². The minimum Gasteiger partial charge on any atom is -0.397 e. The van der Waals surface area contributed by atoms with Crippen molar-refractivity contribution in [2.24, 2.45) is 0 Å². The molecule has 1 aromatic heterocycles. The molecule has 106 valence electrons. The first-order valence-corrected chi connectivity index (χ1v) is 6.61. The number of para-hydroxylation sites is 1. The summed E-state index contributed by atoms with van der Waals surface area (Å²) in [5.41, 5.74) is 6.93. The monoisotopic (exact) mass is 323 g/mol. The highest BCUT2D eigenvalue weighted by Gasteiger charge is 2.17. The molecule has 1 heterocycles. The molecule has 3 aromatic rings. The van der Waals surface area contributed by atoms with Gasteiger partial charge in [0.2, 0.25) is 0 Å². The van der Waals surface area contributed by atoms with Crippen LogP contribution in [0.25, 0.3) is 17.1 Å². The number of halogens is 3. The molecule has 0 spiro atoms. The number of nitrogen functional groups attached to an aromatic ring is 1. The van der Waals surface area contributed by atoms with Crippen molar-refractivity contribution in [2.75, 3.05) is 5.73 Å². The summed E-state index contributed by atoms with van der Waals surface area (Å²) in [5, 5.41) is 11.9. The zero-order valence-corrected chi connectivity index (χ0v) is 12.0. The molecule has 0 saturated heterocycles. The number of hydrogen-bond acceptors (Lipinski definition) is 4. The van der Waals surface area contributed by atoms with Crippen molar-refractivity contribution in [3.63, 3.8) is 0 Å². The fraction of sp³-hybridized carbons (Fsp3) is 0. The van der Waals surface area contributed by atoms with Gasteiger partial charge in [-0.25, -0.2) is 4.39 Å². The number of rotatable bonds is 2. The van der Waals surface area contributed by atoms with Crippen LogP contribution < -0.4 is 5.73 Å². The Hall–Kier alpha value is -2.18. The SMILES string of the molecule is Nc1c(Cl)cccc1-c1nnnn1-c1ccc(Cl)cc1F. The van der Waals surface area contributed by atoms with Crippen LogP contribution in [0.1, 0.15) is 0 Å². The molecule has 0 aliphatic rings. The quantitative estimate of drug-likeness (QED) is 0.734. The molecule has 0 aliphatic carbocycles. The van der Waals surface area contributed by atoms with Crippen molar-refractivity contribution < 1.29 is 4.39 Å². The molecular formula is C13H8Cl2FN5. The molecule has 5 nitrogen and oxygen atoms in total. The van der Waals surface area contributed by atoms with Gasteiger partial charge in [-0.2, -0.15) is 4.68 Å². The maximum absolute atomic E-state index is 14.0. The Kier molecular flexibility index (Phi) is 3.48. The second-order valence-electron chi connectivity index (χ2n) is 4.21. The first-order valence-electron chi connectivity index (χ1n) is 5.86. The lowest BCUT2D eigenvalue weighted by Gasteiger charge is -2.08. The predicted molar refractivity (Wildman–Crippen MR) is 79.0 cm³/mol. The van der Waals surface area contributed by atoms with E-state index < -0.39 is 5.82 Å². The molecule has 0 aliphatic heterocycles. The van der Waals surface area contributed by atoms with Crippen LogP contribution in [0.2, 0.25) is 10.0 Å². The highest BCUT2D eigenvalue weighted by molar-refractivity contribution is 6.33. The van der Waals surface area contributed by atoms with Crippen molar-refractivity contribution in [1.82, 2.24) is 20.2 Å². The summed E-state index contributed by atoms with van der Waals surface area (Å²) in [5.74, 6) is -0.257. The van der Waals surface area contributed by atoms with Crippen LogP contribution in [-0.4, -0.2) is 20.2 Å². The summed E-state index contributed by atoms with van der Waals surface area (Å²) in [6, 6.07) is 9.29. The molecule has 2 N–H and O–H groups in total. The standard InChI is InChI=1S/C13H8Cl2FN5/c14-7-4-5-11(10(16)6-7)21-13(18-19-20-21)8-2-1-3-9(15)12(8)17/h1-6H,17H2. The third-order valence-corrected chi connectivity index (χ3v) is 3.47. The summed E-state index contributed by atoms with van der Waals surface area (Å²) in [6.07, 6.45) is 0. The maximum atomic E-state index is 14.0. The first-order chi connectivity index (χ1) is 10.1. The van der Waals surface area contributed by atoms with Crippen LogP contribution in [0.5, 0.6) is 0 Å². The van der Waals surface area contributed by atoms with E-state index in [4.69, 9.17) is 28.9 Å². The van der Waals surface area contributed by atoms with Crippen LogP contribution in [0, 0.1) is 5.82 Å². The molecule has 0 fully saturated rings. The third kappa shape index (κ3) is 2.43. The van der Waals surface area contributed by atoms with Crippen molar-refractivity contribution in [2.45, 2.75) is 0 Å². The van der Waals surface area contributed by atoms with Gasteiger partial charge in [-0.05, 0) is 40.8 Å². The van der Waals surface area contributed by atoms with Crippen LogP contribution in [0.15, 0.2) is 36.4 Å². The van der Waals surface area contributed by atoms with Gasteiger partial charge in [0, 0.05) is 10.6 Å². The Morgan fingerprint density at radius 1 is 1.14 bits per heavy atom. The number of nitrogens with two attached hydrogens (primary N) is 1. The molecule has 0 unspecified atom stereocenters. The third-order valence-electron chi connectivity index (χ3n) is 2.90. The zero-order chi connectivity index (χ0) is 15.0. The van der Waals surface area contributed by atoms with E-state index in [-0.39, 0.29) is 16.5 Å². The molecule has 21 heavy (non-hydrogen) atoms. The zero-order valence-electron chi connectivity index (χ0n) is 10.5. The minimum atomic E-state index is -0.545. The average Bonchev–Trinajstić information content (AvgIpc) is 2.91. The molecule has 0 saturated carbocycles. The van der Waals surface area contributed by atoms with Gasteiger partial charge in [-0.3, -0.25) is 0 Å². The van der Waals surface area contributed by atoms with Gasteiger partial charge in [0.1, 0.15) is 11.5 Å². The summed E-state index contributed by atoms with van der Waals surface area (Å²) >= 11 is 11.7.